The van der Waals surface area contributed by atoms with Crippen molar-refractivity contribution in [1.29, 1.82) is 0 Å². The molecule has 0 bridgehead atoms. The second-order valence-corrected chi connectivity index (χ2v) is 9.79. The summed E-state index contributed by atoms with van der Waals surface area (Å²) in [6, 6.07) is 29.9. The topological polar surface area (TPSA) is 36.8 Å². The van der Waals surface area contributed by atoms with E-state index >= 15 is 0 Å². The van der Waals surface area contributed by atoms with E-state index in [9.17, 15) is 0 Å². The first kappa shape index (κ1) is 23.0. The minimum Gasteiger partial charge on any atom is -0.383 e. The Labute approximate surface area is 208 Å². The summed E-state index contributed by atoms with van der Waals surface area (Å²) in [4.78, 5) is 10.6. The Morgan fingerprint density at radius 1 is 0.657 bits per heavy atom. The van der Waals surface area contributed by atoms with Crippen molar-refractivity contribution in [3.05, 3.63) is 107 Å². The molecule has 0 unspecified atom stereocenters. The molecule has 0 atom stereocenters. The van der Waals surface area contributed by atoms with E-state index in [0.29, 0.717) is 18.4 Å². The van der Waals surface area contributed by atoms with Crippen LogP contribution in [0.5, 0.6) is 0 Å². The van der Waals surface area contributed by atoms with Gasteiger partial charge in [-0.25, -0.2) is 4.99 Å². The molecule has 1 N–H and O–H groups in total. The summed E-state index contributed by atoms with van der Waals surface area (Å²) in [7, 11) is 0. The number of benzene rings is 4. The molecule has 4 aromatic carbocycles. The first-order valence-electron chi connectivity index (χ1n) is 12.6. The molecule has 0 aliphatic heterocycles. The van der Waals surface area contributed by atoms with Crippen molar-refractivity contribution in [2.45, 2.75) is 39.5 Å². The third-order valence-electron chi connectivity index (χ3n) is 6.69. The molecular formula is C32H33N3. The predicted molar refractivity (Wildman–Crippen MR) is 151 cm³/mol. The summed E-state index contributed by atoms with van der Waals surface area (Å²) in [5, 5.41) is 5.98. The number of para-hydroxylation sites is 2. The van der Waals surface area contributed by atoms with Crippen LogP contribution in [0.3, 0.4) is 0 Å². The summed E-state index contributed by atoms with van der Waals surface area (Å²) in [6.07, 6.45) is 0. The van der Waals surface area contributed by atoms with Gasteiger partial charge >= 0.3 is 0 Å². The number of hydrogen-bond donors (Lipinski definition) is 1. The monoisotopic (exact) mass is 459 g/mol. The van der Waals surface area contributed by atoms with Gasteiger partial charge in [-0.15, -0.1) is 0 Å². The fourth-order valence-corrected chi connectivity index (χ4v) is 4.94. The summed E-state index contributed by atoms with van der Waals surface area (Å²) in [5.41, 5.74) is 9.16. The molecule has 35 heavy (non-hydrogen) atoms. The fraction of sp³-hybridized carbons (Fsp3) is 0.250. The molecule has 0 saturated carbocycles. The Hall–Kier alpha value is -3.72. The van der Waals surface area contributed by atoms with Crippen LogP contribution in [0.25, 0.3) is 10.8 Å². The quantitative estimate of drug-likeness (QED) is 0.278. The van der Waals surface area contributed by atoms with E-state index in [4.69, 9.17) is 9.98 Å². The highest BCUT2D eigenvalue weighted by Gasteiger charge is 2.27. The minimum absolute atomic E-state index is 0.392. The summed E-state index contributed by atoms with van der Waals surface area (Å²) in [5.74, 6) is 0.783. The molecule has 3 heteroatoms. The zero-order valence-corrected chi connectivity index (χ0v) is 21.0. The number of nitrogens with one attached hydrogen (secondary N) is 1. The van der Waals surface area contributed by atoms with Crippen LogP contribution in [0.2, 0.25) is 0 Å². The molecule has 0 saturated heterocycles. The van der Waals surface area contributed by atoms with E-state index in [1.807, 2.05) is 18.2 Å². The maximum Gasteiger partial charge on any atom is 0.0974 e. The normalized spacial score (nSPS) is 15.1. The third-order valence-corrected chi connectivity index (χ3v) is 6.69. The number of nitrogens with zero attached hydrogens (tertiary/aromatic N) is 2. The SMILES string of the molecule is CC(C)c1cccc(C(C)C)c1N=C1C(=NCCNc2ccccc2)c2cccc3cccc1c23. The van der Waals surface area contributed by atoms with E-state index in [-0.39, 0.29) is 0 Å². The van der Waals surface area contributed by atoms with E-state index in [1.54, 1.807) is 0 Å². The van der Waals surface area contributed by atoms with Crippen LogP contribution in [0.15, 0.2) is 94.9 Å². The third kappa shape index (κ3) is 4.51. The largest absolute Gasteiger partial charge is 0.383 e. The number of hydrogen-bond acceptors (Lipinski definition) is 3. The number of anilines is 1. The zero-order valence-electron chi connectivity index (χ0n) is 21.0. The lowest BCUT2D eigenvalue weighted by Gasteiger charge is -2.17. The van der Waals surface area contributed by atoms with Crippen LogP contribution in [-0.4, -0.2) is 24.5 Å². The van der Waals surface area contributed by atoms with Crippen LogP contribution in [0.1, 0.15) is 61.8 Å². The Bertz CT molecular complexity index is 1380. The van der Waals surface area contributed by atoms with Crippen molar-refractivity contribution in [3.63, 3.8) is 0 Å². The zero-order chi connectivity index (χ0) is 24.4. The second kappa shape index (κ2) is 9.87. The van der Waals surface area contributed by atoms with Crippen molar-refractivity contribution in [3.8, 4) is 0 Å². The summed E-state index contributed by atoms with van der Waals surface area (Å²) >= 11 is 0. The Kier molecular flexibility index (Phi) is 6.50. The minimum atomic E-state index is 0.392. The van der Waals surface area contributed by atoms with Gasteiger partial charge in [-0.2, -0.15) is 0 Å². The highest BCUT2D eigenvalue weighted by Crippen LogP contribution is 2.38. The van der Waals surface area contributed by atoms with Crippen molar-refractivity contribution in [1.82, 2.24) is 0 Å². The lowest BCUT2D eigenvalue weighted by molar-refractivity contribution is 0.835. The maximum atomic E-state index is 5.42. The summed E-state index contributed by atoms with van der Waals surface area (Å²) < 4.78 is 0. The van der Waals surface area contributed by atoms with Gasteiger partial charge < -0.3 is 5.32 Å². The van der Waals surface area contributed by atoms with E-state index < -0.39 is 0 Å². The molecule has 176 valence electrons. The smallest absolute Gasteiger partial charge is 0.0974 e. The highest BCUT2D eigenvalue weighted by atomic mass is 14.9. The van der Waals surface area contributed by atoms with E-state index in [1.165, 1.54) is 33.0 Å². The van der Waals surface area contributed by atoms with Crippen molar-refractivity contribution < 1.29 is 0 Å². The average molecular weight is 460 g/mol. The van der Waals surface area contributed by atoms with Gasteiger partial charge in [-0.05, 0) is 40.5 Å². The van der Waals surface area contributed by atoms with Gasteiger partial charge in [-0.1, -0.05) is 100 Å². The molecule has 5 rings (SSSR count). The average Bonchev–Trinajstić information content (AvgIpc) is 3.16. The van der Waals surface area contributed by atoms with Crippen LogP contribution < -0.4 is 5.32 Å². The number of aliphatic imine (C=N–C) groups is 2. The fourth-order valence-electron chi connectivity index (χ4n) is 4.94. The van der Waals surface area contributed by atoms with Crippen molar-refractivity contribution >= 4 is 33.6 Å². The molecule has 0 spiro atoms. The number of rotatable bonds is 7. The molecule has 0 aromatic heterocycles. The molecule has 4 aromatic rings. The van der Waals surface area contributed by atoms with Gasteiger partial charge in [0, 0.05) is 28.7 Å². The van der Waals surface area contributed by atoms with Gasteiger partial charge in [0.15, 0.2) is 0 Å². The van der Waals surface area contributed by atoms with Crippen LogP contribution in [0.4, 0.5) is 11.4 Å². The van der Waals surface area contributed by atoms with Gasteiger partial charge in [0.1, 0.15) is 0 Å². The molecule has 0 radical (unpaired) electrons. The maximum absolute atomic E-state index is 5.42. The van der Waals surface area contributed by atoms with Crippen molar-refractivity contribution in [2.24, 2.45) is 9.98 Å². The Morgan fingerprint density at radius 3 is 1.89 bits per heavy atom. The van der Waals surface area contributed by atoms with Gasteiger partial charge in [-0.3, -0.25) is 4.99 Å². The second-order valence-electron chi connectivity index (χ2n) is 9.79. The van der Waals surface area contributed by atoms with Crippen LogP contribution in [-0.2, 0) is 0 Å². The Morgan fingerprint density at radius 2 is 1.26 bits per heavy atom. The van der Waals surface area contributed by atoms with Gasteiger partial charge in [0.25, 0.3) is 0 Å². The van der Waals surface area contributed by atoms with Crippen LogP contribution in [0, 0.1) is 0 Å². The molecular weight excluding hydrogens is 426 g/mol. The lowest BCUT2D eigenvalue weighted by atomic mass is 9.92. The molecule has 0 heterocycles. The molecule has 1 aliphatic rings. The molecule has 0 fully saturated rings. The first-order valence-corrected chi connectivity index (χ1v) is 12.6. The van der Waals surface area contributed by atoms with Crippen molar-refractivity contribution in [2.75, 3.05) is 18.4 Å². The summed E-state index contributed by atoms with van der Waals surface area (Å²) in [6.45, 7) is 10.4. The Balaban J connectivity index is 1.61. The van der Waals surface area contributed by atoms with E-state index in [2.05, 4.69) is 99.7 Å². The highest BCUT2D eigenvalue weighted by molar-refractivity contribution is 6.61. The predicted octanol–water partition coefficient (Wildman–Crippen LogP) is 8.12. The van der Waals surface area contributed by atoms with E-state index in [0.717, 1.165) is 29.3 Å². The lowest BCUT2D eigenvalue weighted by Crippen LogP contribution is -2.14. The standard InChI is InChI=1S/C32H33N3/c1-21(2)25-15-10-16-26(22(3)4)30(25)35-32-28-18-9-12-23-11-8-17-27(29(23)28)31(32)34-20-19-33-24-13-6-5-7-14-24/h5-18,21-22,33H,19-20H2,1-4H3. The molecule has 3 nitrogen and oxygen atoms in total. The molecule has 1 aliphatic carbocycles. The van der Waals surface area contributed by atoms with Gasteiger partial charge in [0.05, 0.1) is 23.7 Å². The van der Waals surface area contributed by atoms with Crippen LogP contribution >= 0.6 is 0 Å². The van der Waals surface area contributed by atoms with Gasteiger partial charge in [0.2, 0.25) is 0 Å². The molecule has 0 amide bonds. The first-order chi connectivity index (χ1) is 17.0.